The second-order valence-electron chi connectivity index (χ2n) is 4.97. The van der Waals surface area contributed by atoms with Crippen molar-refractivity contribution in [1.29, 1.82) is 0 Å². The van der Waals surface area contributed by atoms with Crippen molar-refractivity contribution in [2.24, 2.45) is 0 Å². The molecule has 0 aliphatic carbocycles. The van der Waals surface area contributed by atoms with Crippen LogP contribution in [0.4, 0.5) is 0 Å². The number of hydrogen-bond acceptors (Lipinski definition) is 5. The van der Waals surface area contributed by atoms with E-state index in [0.717, 1.165) is 5.56 Å². The number of sulfonamides is 1. The fraction of sp³-hybridized carbons (Fsp3) is 0.500. The van der Waals surface area contributed by atoms with Gasteiger partial charge in [0.15, 0.2) is 9.84 Å². The SMILES string of the molecule is COc1ccc(C)cc1S(=O)(=O)N[C@@H]1CS(=O)(=O)C[C@H]1Cl. The van der Waals surface area contributed by atoms with E-state index < -0.39 is 31.3 Å². The highest BCUT2D eigenvalue weighted by atomic mass is 35.5. The molecular weight excluding hydrogens is 338 g/mol. The molecule has 9 heteroatoms. The largest absolute Gasteiger partial charge is 0.495 e. The van der Waals surface area contributed by atoms with E-state index >= 15 is 0 Å². The molecule has 1 saturated heterocycles. The molecule has 1 aliphatic heterocycles. The van der Waals surface area contributed by atoms with Gasteiger partial charge in [-0.2, -0.15) is 0 Å². The van der Waals surface area contributed by atoms with Gasteiger partial charge in [0.05, 0.1) is 30.0 Å². The van der Waals surface area contributed by atoms with Gasteiger partial charge < -0.3 is 4.74 Å². The lowest BCUT2D eigenvalue weighted by Crippen LogP contribution is -2.40. The molecule has 0 unspecified atom stereocenters. The van der Waals surface area contributed by atoms with Crippen molar-refractivity contribution in [1.82, 2.24) is 4.72 Å². The van der Waals surface area contributed by atoms with E-state index in [1.807, 2.05) is 0 Å². The van der Waals surface area contributed by atoms with Gasteiger partial charge in [0.25, 0.3) is 0 Å². The highest BCUT2D eigenvalue weighted by Gasteiger charge is 2.39. The minimum absolute atomic E-state index is 0.0295. The monoisotopic (exact) mass is 353 g/mol. The fourth-order valence-electron chi connectivity index (χ4n) is 2.17. The van der Waals surface area contributed by atoms with Crippen molar-refractivity contribution in [3.05, 3.63) is 23.8 Å². The van der Waals surface area contributed by atoms with Gasteiger partial charge in [0.2, 0.25) is 10.0 Å². The summed E-state index contributed by atoms with van der Waals surface area (Å²) in [6.07, 6.45) is 0. The highest BCUT2D eigenvalue weighted by Crippen LogP contribution is 2.26. The van der Waals surface area contributed by atoms with E-state index in [1.165, 1.54) is 13.2 Å². The summed E-state index contributed by atoms with van der Waals surface area (Å²) in [5.41, 5.74) is 0.748. The summed E-state index contributed by atoms with van der Waals surface area (Å²) in [7, 11) is -5.86. The molecule has 0 bridgehead atoms. The summed E-state index contributed by atoms with van der Waals surface area (Å²) >= 11 is 5.92. The smallest absolute Gasteiger partial charge is 0.244 e. The maximum atomic E-state index is 12.4. The van der Waals surface area contributed by atoms with Crippen molar-refractivity contribution >= 4 is 31.5 Å². The van der Waals surface area contributed by atoms with Gasteiger partial charge in [-0.05, 0) is 24.6 Å². The maximum Gasteiger partial charge on any atom is 0.244 e. The number of benzene rings is 1. The Balaban J connectivity index is 2.34. The van der Waals surface area contributed by atoms with Crippen molar-refractivity contribution < 1.29 is 21.6 Å². The molecule has 118 valence electrons. The second kappa shape index (κ2) is 5.75. The van der Waals surface area contributed by atoms with Crippen LogP contribution in [0.3, 0.4) is 0 Å². The lowest BCUT2D eigenvalue weighted by molar-refractivity contribution is 0.402. The van der Waals surface area contributed by atoms with Gasteiger partial charge in [-0.1, -0.05) is 6.07 Å². The zero-order valence-electron chi connectivity index (χ0n) is 11.5. The molecule has 6 nitrogen and oxygen atoms in total. The van der Waals surface area contributed by atoms with Crippen LogP contribution in [-0.4, -0.2) is 46.9 Å². The predicted octanol–water partition coefficient (Wildman–Crippen LogP) is 0.686. The molecule has 1 aromatic rings. The number of nitrogens with one attached hydrogen (secondary N) is 1. The molecule has 1 aliphatic rings. The Morgan fingerprint density at radius 2 is 2.00 bits per heavy atom. The average molecular weight is 354 g/mol. The molecule has 2 atom stereocenters. The molecular formula is C12H16ClNO5S2. The van der Waals surface area contributed by atoms with Crippen LogP contribution < -0.4 is 9.46 Å². The average Bonchev–Trinajstić information content (AvgIpc) is 2.61. The first-order valence-electron chi connectivity index (χ1n) is 6.16. The quantitative estimate of drug-likeness (QED) is 0.804. The molecule has 0 spiro atoms. The molecule has 21 heavy (non-hydrogen) atoms. The van der Waals surface area contributed by atoms with Crippen LogP contribution in [0, 0.1) is 6.92 Å². The molecule has 1 N–H and O–H groups in total. The van der Waals surface area contributed by atoms with Crippen molar-refractivity contribution in [3.8, 4) is 5.75 Å². The van der Waals surface area contributed by atoms with Gasteiger partial charge in [-0.3, -0.25) is 0 Å². The Kier molecular flexibility index (Phi) is 4.53. The summed E-state index contributed by atoms with van der Waals surface area (Å²) < 4.78 is 55.3. The van der Waals surface area contributed by atoms with E-state index in [2.05, 4.69) is 4.72 Å². The third-order valence-electron chi connectivity index (χ3n) is 3.20. The van der Waals surface area contributed by atoms with E-state index in [-0.39, 0.29) is 22.2 Å². The third-order valence-corrected chi connectivity index (χ3v) is 7.08. The molecule has 0 radical (unpaired) electrons. The maximum absolute atomic E-state index is 12.4. The van der Waals surface area contributed by atoms with Crippen LogP contribution in [0.5, 0.6) is 5.75 Å². The third kappa shape index (κ3) is 3.68. The summed E-state index contributed by atoms with van der Waals surface area (Å²) in [6, 6.07) is 3.90. The Labute approximate surface area is 129 Å². The molecule has 1 heterocycles. The van der Waals surface area contributed by atoms with Crippen molar-refractivity contribution in [2.45, 2.75) is 23.2 Å². The number of rotatable bonds is 4. The number of aryl methyl sites for hydroxylation is 1. The minimum Gasteiger partial charge on any atom is -0.495 e. The highest BCUT2D eigenvalue weighted by molar-refractivity contribution is 7.92. The Bertz CT molecular complexity index is 745. The van der Waals surface area contributed by atoms with E-state index in [9.17, 15) is 16.8 Å². The van der Waals surface area contributed by atoms with Crippen LogP contribution in [0.25, 0.3) is 0 Å². The Hall–Kier alpha value is -0.830. The lowest BCUT2D eigenvalue weighted by Gasteiger charge is -2.16. The number of ether oxygens (including phenoxy) is 1. The summed E-state index contributed by atoms with van der Waals surface area (Å²) in [5, 5.41) is -0.777. The van der Waals surface area contributed by atoms with Gasteiger partial charge in [0, 0.05) is 0 Å². The number of hydrogen-bond donors (Lipinski definition) is 1. The topological polar surface area (TPSA) is 89.5 Å². The summed E-state index contributed by atoms with van der Waals surface area (Å²) in [5.74, 6) is -0.332. The van der Waals surface area contributed by atoms with Gasteiger partial charge in [-0.15, -0.1) is 11.6 Å². The first kappa shape index (κ1) is 16.5. The Morgan fingerprint density at radius 1 is 1.33 bits per heavy atom. The van der Waals surface area contributed by atoms with Crippen LogP contribution in [0.15, 0.2) is 23.1 Å². The molecule has 0 saturated carbocycles. The van der Waals surface area contributed by atoms with E-state index in [4.69, 9.17) is 16.3 Å². The van der Waals surface area contributed by atoms with Crippen molar-refractivity contribution in [2.75, 3.05) is 18.6 Å². The molecule has 2 rings (SSSR count). The Morgan fingerprint density at radius 3 is 2.52 bits per heavy atom. The normalized spacial score (nSPS) is 24.9. The number of methoxy groups -OCH3 is 1. The first-order chi connectivity index (χ1) is 9.64. The standard InChI is InChI=1S/C12H16ClNO5S2/c1-8-3-4-11(19-2)12(5-8)21(17,18)14-10-7-20(15,16)6-9(10)13/h3-5,9-10,14H,6-7H2,1-2H3/t9-,10-/m1/s1. The van der Waals surface area contributed by atoms with Gasteiger partial charge in [-0.25, -0.2) is 21.6 Å². The summed E-state index contributed by atoms with van der Waals surface area (Å²) in [6.45, 7) is 1.75. The lowest BCUT2D eigenvalue weighted by atomic mass is 10.2. The number of halogens is 1. The van der Waals surface area contributed by atoms with Gasteiger partial charge >= 0.3 is 0 Å². The van der Waals surface area contributed by atoms with Crippen LogP contribution in [0.2, 0.25) is 0 Å². The van der Waals surface area contributed by atoms with Gasteiger partial charge in [0.1, 0.15) is 10.6 Å². The minimum atomic E-state index is -3.92. The predicted molar refractivity (Wildman–Crippen MR) is 80.1 cm³/mol. The zero-order chi connectivity index (χ0) is 15.8. The van der Waals surface area contributed by atoms with Crippen LogP contribution in [0.1, 0.15) is 5.56 Å². The summed E-state index contributed by atoms with van der Waals surface area (Å²) in [4.78, 5) is -0.0295. The molecule has 1 fully saturated rings. The first-order valence-corrected chi connectivity index (χ1v) is 9.90. The molecule has 0 aromatic heterocycles. The van der Waals surface area contributed by atoms with Crippen LogP contribution in [-0.2, 0) is 19.9 Å². The molecule has 0 amide bonds. The zero-order valence-corrected chi connectivity index (χ0v) is 13.9. The number of alkyl halides is 1. The van der Waals surface area contributed by atoms with E-state index in [0.29, 0.717) is 0 Å². The van der Waals surface area contributed by atoms with Crippen molar-refractivity contribution in [3.63, 3.8) is 0 Å². The molecule has 1 aromatic carbocycles. The fourth-order valence-corrected chi connectivity index (χ4v) is 6.43. The second-order valence-corrected chi connectivity index (χ2v) is 9.37. The van der Waals surface area contributed by atoms with Crippen LogP contribution >= 0.6 is 11.6 Å². The van der Waals surface area contributed by atoms with E-state index in [1.54, 1.807) is 19.1 Å². The number of sulfone groups is 1.